The summed E-state index contributed by atoms with van der Waals surface area (Å²) in [4.78, 5) is 25.3. The summed E-state index contributed by atoms with van der Waals surface area (Å²) in [6, 6.07) is 21.8. The summed E-state index contributed by atoms with van der Waals surface area (Å²) >= 11 is 8.68. The summed E-state index contributed by atoms with van der Waals surface area (Å²) in [5.74, 6) is -0.145. The van der Waals surface area contributed by atoms with E-state index in [1.807, 2.05) is 44.2 Å². The van der Waals surface area contributed by atoms with Crippen LogP contribution in [0.3, 0.4) is 0 Å². The minimum Gasteiger partial charge on any atom is -0.490 e. The highest BCUT2D eigenvalue weighted by Gasteiger charge is 2.16. The second kappa shape index (κ2) is 11.6. The van der Waals surface area contributed by atoms with Crippen molar-refractivity contribution in [2.24, 2.45) is 0 Å². The SMILES string of the molecule is CC(C)Oc1ccc(Br)cc1C(=O)NC(=S)Nc1cccc(C(=O)NCc2ccccc2)c1. The Hall–Kier alpha value is -3.23. The number of nitrogens with one attached hydrogen (secondary N) is 3. The molecule has 0 fully saturated rings. The standard InChI is InChI=1S/C25H24BrN3O3S/c1-16(2)32-22-12-11-19(26)14-21(22)24(31)29-25(33)28-20-10-6-9-18(13-20)23(30)27-15-17-7-4-3-5-8-17/h3-14,16H,15H2,1-2H3,(H,27,30)(H2,28,29,31,33). The fourth-order valence-corrected chi connectivity index (χ4v) is 3.56. The predicted octanol–water partition coefficient (Wildman–Crippen LogP) is 5.29. The van der Waals surface area contributed by atoms with Crippen molar-refractivity contribution in [3.8, 4) is 5.75 Å². The summed E-state index contributed by atoms with van der Waals surface area (Å²) in [6.45, 7) is 4.21. The Morgan fingerprint density at radius 3 is 2.45 bits per heavy atom. The summed E-state index contributed by atoms with van der Waals surface area (Å²) < 4.78 is 6.48. The molecule has 0 spiro atoms. The van der Waals surface area contributed by atoms with Gasteiger partial charge in [0.15, 0.2) is 5.11 Å². The number of anilines is 1. The molecule has 2 amide bonds. The Morgan fingerprint density at radius 2 is 1.73 bits per heavy atom. The van der Waals surface area contributed by atoms with E-state index in [0.717, 1.165) is 10.0 Å². The van der Waals surface area contributed by atoms with E-state index < -0.39 is 5.91 Å². The molecule has 0 aliphatic rings. The average molecular weight is 526 g/mol. The Kier molecular flexibility index (Phi) is 8.57. The highest BCUT2D eigenvalue weighted by Crippen LogP contribution is 2.24. The molecule has 0 heterocycles. The molecule has 170 valence electrons. The van der Waals surface area contributed by atoms with Crippen molar-refractivity contribution in [2.45, 2.75) is 26.5 Å². The van der Waals surface area contributed by atoms with E-state index in [1.165, 1.54) is 0 Å². The lowest BCUT2D eigenvalue weighted by molar-refractivity contribution is 0.0947. The number of benzene rings is 3. The summed E-state index contributed by atoms with van der Waals surface area (Å²) in [7, 11) is 0. The van der Waals surface area contributed by atoms with Crippen LogP contribution >= 0.6 is 28.1 Å². The Balaban J connectivity index is 1.62. The molecule has 3 N–H and O–H groups in total. The fraction of sp³-hybridized carbons (Fsp3) is 0.160. The molecule has 0 bridgehead atoms. The maximum atomic E-state index is 12.8. The molecule has 33 heavy (non-hydrogen) atoms. The van der Waals surface area contributed by atoms with Crippen molar-refractivity contribution in [3.05, 3.63) is 94.0 Å². The van der Waals surface area contributed by atoms with Crippen LogP contribution in [0.15, 0.2) is 77.3 Å². The molecule has 0 radical (unpaired) electrons. The van der Waals surface area contributed by atoms with E-state index in [9.17, 15) is 9.59 Å². The molecule has 8 heteroatoms. The number of thiocarbonyl (C=S) groups is 1. The monoisotopic (exact) mass is 525 g/mol. The minimum absolute atomic E-state index is 0.0846. The first kappa shape index (κ1) is 24.4. The Bertz CT molecular complexity index is 1150. The van der Waals surface area contributed by atoms with E-state index in [-0.39, 0.29) is 17.1 Å². The molecule has 0 aliphatic heterocycles. The normalized spacial score (nSPS) is 10.4. The number of rotatable bonds is 7. The van der Waals surface area contributed by atoms with Gasteiger partial charge in [-0.15, -0.1) is 0 Å². The average Bonchev–Trinajstić information content (AvgIpc) is 2.79. The van der Waals surface area contributed by atoms with Crippen molar-refractivity contribution in [1.29, 1.82) is 0 Å². The first-order chi connectivity index (χ1) is 15.8. The third-order valence-electron chi connectivity index (χ3n) is 4.45. The van der Waals surface area contributed by atoms with Crippen LogP contribution in [0.25, 0.3) is 0 Å². The van der Waals surface area contributed by atoms with Gasteiger partial charge in [0.2, 0.25) is 0 Å². The number of carbonyl (C=O) groups excluding carboxylic acids is 2. The smallest absolute Gasteiger partial charge is 0.261 e. The van der Waals surface area contributed by atoms with Crippen molar-refractivity contribution in [3.63, 3.8) is 0 Å². The van der Waals surface area contributed by atoms with Crippen LogP contribution in [0.1, 0.15) is 40.1 Å². The molecular formula is C25H24BrN3O3S. The third-order valence-corrected chi connectivity index (χ3v) is 5.15. The lowest BCUT2D eigenvalue weighted by Crippen LogP contribution is -2.34. The summed E-state index contributed by atoms with van der Waals surface area (Å²) in [6.07, 6.45) is -0.0846. The number of hydrogen-bond acceptors (Lipinski definition) is 4. The molecule has 0 aliphatic carbocycles. The molecule has 0 atom stereocenters. The van der Waals surface area contributed by atoms with Crippen LogP contribution in [0.5, 0.6) is 5.75 Å². The molecule has 0 saturated carbocycles. The van der Waals surface area contributed by atoms with Crippen molar-refractivity contribution in [1.82, 2.24) is 10.6 Å². The second-order valence-electron chi connectivity index (χ2n) is 7.46. The van der Waals surface area contributed by atoms with Gasteiger partial charge in [0, 0.05) is 22.3 Å². The molecule has 3 aromatic carbocycles. The fourth-order valence-electron chi connectivity index (χ4n) is 2.99. The third kappa shape index (κ3) is 7.40. The van der Waals surface area contributed by atoms with Crippen molar-refractivity contribution >= 4 is 50.8 Å². The molecule has 0 unspecified atom stereocenters. The lowest BCUT2D eigenvalue weighted by atomic mass is 10.1. The van der Waals surface area contributed by atoms with E-state index in [2.05, 4.69) is 31.9 Å². The van der Waals surface area contributed by atoms with Crippen LogP contribution < -0.4 is 20.7 Å². The molecule has 3 rings (SSSR count). The summed E-state index contributed by atoms with van der Waals surface area (Å²) in [5, 5.41) is 8.61. The van der Waals surface area contributed by atoms with Gasteiger partial charge in [-0.3, -0.25) is 14.9 Å². The molecular weight excluding hydrogens is 502 g/mol. The zero-order valence-electron chi connectivity index (χ0n) is 18.2. The van der Waals surface area contributed by atoms with Gasteiger partial charge in [0.05, 0.1) is 11.7 Å². The van der Waals surface area contributed by atoms with Gasteiger partial charge in [-0.2, -0.15) is 0 Å². The van der Waals surface area contributed by atoms with E-state index in [1.54, 1.807) is 42.5 Å². The van der Waals surface area contributed by atoms with E-state index >= 15 is 0 Å². The van der Waals surface area contributed by atoms with Crippen molar-refractivity contribution < 1.29 is 14.3 Å². The lowest BCUT2D eigenvalue weighted by Gasteiger charge is -2.15. The zero-order chi connectivity index (χ0) is 23.8. The predicted molar refractivity (Wildman–Crippen MR) is 138 cm³/mol. The van der Waals surface area contributed by atoms with E-state index in [4.69, 9.17) is 17.0 Å². The summed E-state index contributed by atoms with van der Waals surface area (Å²) in [5.41, 5.74) is 2.43. The Labute approximate surface area is 206 Å². The van der Waals surface area contributed by atoms with Crippen molar-refractivity contribution in [2.75, 3.05) is 5.32 Å². The quantitative estimate of drug-likeness (QED) is 0.365. The van der Waals surface area contributed by atoms with Gasteiger partial charge < -0.3 is 15.4 Å². The Morgan fingerprint density at radius 1 is 0.970 bits per heavy atom. The maximum absolute atomic E-state index is 12.8. The van der Waals surface area contributed by atoms with Gasteiger partial charge >= 0.3 is 0 Å². The molecule has 3 aromatic rings. The highest BCUT2D eigenvalue weighted by molar-refractivity contribution is 9.10. The number of amides is 2. The van der Waals surface area contributed by atoms with Gasteiger partial charge in [0.1, 0.15) is 5.75 Å². The van der Waals surface area contributed by atoms with Crippen LogP contribution in [0.2, 0.25) is 0 Å². The van der Waals surface area contributed by atoms with Crippen LogP contribution in [0, 0.1) is 0 Å². The number of hydrogen-bond donors (Lipinski definition) is 3. The zero-order valence-corrected chi connectivity index (χ0v) is 20.6. The van der Waals surface area contributed by atoms with Gasteiger partial charge in [-0.05, 0) is 68.0 Å². The topological polar surface area (TPSA) is 79.5 Å². The number of ether oxygens (including phenoxy) is 1. The highest BCUT2D eigenvalue weighted by atomic mass is 79.9. The van der Waals surface area contributed by atoms with Crippen LogP contribution in [-0.2, 0) is 6.54 Å². The maximum Gasteiger partial charge on any atom is 0.261 e. The number of halogens is 1. The van der Waals surface area contributed by atoms with Crippen LogP contribution in [0.4, 0.5) is 5.69 Å². The first-order valence-corrected chi connectivity index (χ1v) is 11.5. The first-order valence-electron chi connectivity index (χ1n) is 10.3. The second-order valence-corrected chi connectivity index (χ2v) is 8.79. The number of carbonyl (C=O) groups is 2. The minimum atomic E-state index is -0.402. The molecule has 0 aromatic heterocycles. The van der Waals surface area contributed by atoms with Gasteiger partial charge in [-0.1, -0.05) is 52.3 Å². The van der Waals surface area contributed by atoms with E-state index in [0.29, 0.717) is 29.1 Å². The molecule has 0 saturated heterocycles. The van der Waals surface area contributed by atoms with Gasteiger partial charge in [0.25, 0.3) is 11.8 Å². The van der Waals surface area contributed by atoms with Gasteiger partial charge in [-0.25, -0.2) is 0 Å². The van der Waals surface area contributed by atoms with Crippen LogP contribution in [-0.4, -0.2) is 23.0 Å². The molecule has 6 nitrogen and oxygen atoms in total. The largest absolute Gasteiger partial charge is 0.490 e.